The molecule has 0 spiro atoms. The number of H-pyrrole nitrogens is 2. The molecule has 0 unspecified atom stereocenters. The molecule has 3 aromatic rings. The summed E-state index contributed by atoms with van der Waals surface area (Å²) in [5, 5.41) is 8.58. The molecule has 0 aliphatic carbocycles. The summed E-state index contributed by atoms with van der Waals surface area (Å²) >= 11 is 0. The molecule has 1 saturated heterocycles. The number of aromatic nitrogens is 4. The van der Waals surface area contributed by atoms with Gasteiger partial charge in [-0.3, -0.25) is 5.10 Å². The van der Waals surface area contributed by atoms with Gasteiger partial charge in [0.25, 0.3) is 0 Å². The summed E-state index contributed by atoms with van der Waals surface area (Å²) < 4.78 is 0. The molecule has 1 fully saturated rings. The predicted octanol–water partition coefficient (Wildman–Crippen LogP) is 4.68. The molecule has 35 heavy (non-hydrogen) atoms. The lowest BCUT2D eigenvalue weighted by molar-refractivity contribution is 0.207. The smallest absolute Gasteiger partial charge is 0.181 e. The van der Waals surface area contributed by atoms with Crippen molar-refractivity contribution in [1.82, 2.24) is 34.9 Å². The molecule has 0 aromatic carbocycles. The summed E-state index contributed by atoms with van der Waals surface area (Å²) in [5.41, 5.74) is 8.81. The normalized spacial score (nSPS) is 15.5. The van der Waals surface area contributed by atoms with Crippen LogP contribution in [0.15, 0.2) is 68.1 Å². The number of nitrogens with one attached hydrogen (secondary N) is 2. The number of hydrogen-bond acceptors (Lipinski definition) is 5. The molecular weight excluding hydrogens is 434 g/mol. The van der Waals surface area contributed by atoms with Crippen molar-refractivity contribution in [1.29, 1.82) is 0 Å². The number of pyridine rings is 1. The molecule has 3 aromatic heterocycles. The maximum absolute atomic E-state index is 4.58. The van der Waals surface area contributed by atoms with Crippen LogP contribution in [0, 0.1) is 6.92 Å². The summed E-state index contributed by atoms with van der Waals surface area (Å²) in [6, 6.07) is 4.28. The molecule has 7 nitrogen and oxygen atoms in total. The van der Waals surface area contributed by atoms with Crippen molar-refractivity contribution in [3.05, 3.63) is 84.9 Å². The molecule has 4 rings (SSSR count). The maximum atomic E-state index is 4.58. The highest BCUT2D eigenvalue weighted by Gasteiger charge is 2.21. The third kappa shape index (κ3) is 5.00. The van der Waals surface area contributed by atoms with E-state index in [1.165, 1.54) is 11.3 Å². The number of allylic oxidation sites excluding steroid dienone is 5. The first kappa shape index (κ1) is 24.3. The lowest BCUT2D eigenvalue weighted by Crippen LogP contribution is -2.43. The Balaban J connectivity index is 1.71. The van der Waals surface area contributed by atoms with Gasteiger partial charge in [-0.2, -0.15) is 5.10 Å². The monoisotopic (exact) mass is 469 g/mol. The lowest BCUT2D eigenvalue weighted by atomic mass is 10.1. The van der Waals surface area contributed by atoms with Crippen molar-refractivity contribution in [2.45, 2.75) is 6.92 Å². The Morgan fingerprint density at radius 1 is 1.14 bits per heavy atom. The largest absolute Gasteiger partial charge is 0.378 e. The van der Waals surface area contributed by atoms with E-state index in [0.29, 0.717) is 5.65 Å². The maximum Gasteiger partial charge on any atom is 0.181 e. The van der Waals surface area contributed by atoms with E-state index in [2.05, 4.69) is 81.9 Å². The van der Waals surface area contributed by atoms with Gasteiger partial charge in [-0.05, 0) is 49.9 Å². The number of rotatable bonds is 8. The van der Waals surface area contributed by atoms with E-state index in [1.807, 2.05) is 43.4 Å². The number of likely N-dealkylation sites (N-methyl/N-ethyl adjacent to an activating group) is 2. The van der Waals surface area contributed by atoms with Gasteiger partial charge in [0.15, 0.2) is 5.65 Å². The van der Waals surface area contributed by atoms with Gasteiger partial charge in [0.05, 0.1) is 11.4 Å². The van der Waals surface area contributed by atoms with Gasteiger partial charge in [0.1, 0.15) is 0 Å². The molecule has 1 aliphatic heterocycles. The zero-order chi connectivity index (χ0) is 25.1. The van der Waals surface area contributed by atoms with Crippen LogP contribution in [0.1, 0.15) is 16.8 Å². The fraction of sp³-hybridized carbons (Fsp3) is 0.286. The molecule has 0 radical (unpaired) electrons. The fourth-order valence-electron chi connectivity index (χ4n) is 4.40. The quantitative estimate of drug-likeness (QED) is 0.469. The Morgan fingerprint density at radius 2 is 1.89 bits per heavy atom. The molecule has 4 heterocycles. The van der Waals surface area contributed by atoms with E-state index in [1.54, 1.807) is 0 Å². The van der Waals surface area contributed by atoms with E-state index < -0.39 is 0 Å². The number of fused-ring (bicyclic) bond motifs is 1. The predicted molar refractivity (Wildman–Crippen MR) is 147 cm³/mol. The summed E-state index contributed by atoms with van der Waals surface area (Å²) in [6.45, 7) is 18.3. The van der Waals surface area contributed by atoms with E-state index in [9.17, 15) is 0 Å². The van der Waals surface area contributed by atoms with Crippen molar-refractivity contribution in [3.63, 3.8) is 0 Å². The minimum absolute atomic E-state index is 0.673. The molecule has 0 bridgehead atoms. The minimum atomic E-state index is 0.673. The van der Waals surface area contributed by atoms with Crippen LogP contribution < -0.4 is 0 Å². The highest BCUT2D eigenvalue weighted by molar-refractivity contribution is 5.93. The molecule has 182 valence electrons. The number of aromatic amines is 2. The second kappa shape index (κ2) is 10.2. The van der Waals surface area contributed by atoms with Gasteiger partial charge in [-0.15, -0.1) is 0 Å². The molecule has 0 atom stereocenters. The Labute approximate surface area is 207 Å². The Hall–Kier alpha value is -3.84. The van der Waals surface area contributed by atoms with Crippen LogP contribution in [0.2, 0.25) is 0 Å². The molecule has 1 aliphatic rings. The zero-order valence-corrected chi connectivity index (χ0v) is 21.2. The summed E-state index contributed by atoms with van der Waals surface area (Å²) in [5.74, 6) is 0. The van der Waals surface area contributed by atoms with Gasteiger partial charge in [0, 0.05) is 80.1 Å². The van der Waals surface area contributed by atoms with Gasteiger partial charge in [-0.25, -0.2) is 4.98 Å². The van der Waals surface area contributed by atoms with Crippen LogP contribution in [0.25, 0.3) is 33.7 Å². The van der Waals surface area contributed by atoms with E-state index in [4.69, 9.17) is 0 Å². The van der Waals surface area contributed by atoms with Crippen molar-refractivity contribution < 1.29 is 0 Å². The standard InChI is InChI=1S/C28H35N7/c1-8-10-26(35-13-11-34(7)12-14-35)23-17-25(30-20(23)4)27-24-16-21(18-29-28(24)32-31-27)19(3)15-22(9-2)33(5)6/h8-10,15-18,30H,1-3,11-14H2,4-7H3,(H,29,31,32)/b22-15+,26-10+. The first-order valence-electron chi connectivity index (χ1n) is 11.8. The average molecular weight is 470 g/mol. The van der Waals surface area contributed by atoms with Gasteiger partial charge < -0.3 is 19.7 Å². The second-order valence-corrected chi connectivity index (χ2v) is 9.19. The van der Waals surface area contributed by atoms with Crippen molar-refractivity contribution in [3.8, 4) is 11.4 Å². The number of nitrogens with zero attached hydrogens (tertiary/aromatic N) is 5. The molecule has 0 saturated carbocycles. The van der Waals surface area contributed by atoms with Crippen LogP contribution >= 0.6 is 0 Å². The Bertz CT molecular complexity index is 1310. The van der Waals surface area contributed by atoms with Gasteiger partial charge >= 0.3 is 0 Å². The zero-order valence-electron chi connectivity index (χ0n) is 21.2. The number of aryl methyl sites for hydroxylation is 1. The summed E-state index contributed by atoms with van der Waals surface area (Å²) in [6.07, 6.45) is 9.61. The first-order valence-corrected chi connectivity index (χ1v) is 11.8. The van der Waals surface area contributed by atoms with Crippen LogP contribution in [0.3, 0.4) is 0 Å². The molecule has 2 N–H and O–H groups in total. The first-order chi connectivity index (χ1) is 16.8. The third-order valence-corrected chi connectivity index (χ3v) is 6.51. The van der Waals surface area contributed by atoms with Crippen LogP contribution in [0.4, 0.5) is 0 Å². The highest BCUT2D eigenvalue weighted by Crippen LogP contribution is 2.32. The second-order valence-electron chi connectivity index (χ2n) is 9.19. The molecule has 7 heteroatoms. The SMILES string of the molecule is C=C/C=C(\c1cc(-c2[nH]nc3ncc(C(=C)/C=C(\C=C)N(C)C)cc23)[nH]c1C)N1CCN(C)CC1. The Morgan fingerprint density at radius 3 is 2.54 bits per heavy atom. The highest BCUT2D eigenvalue weighted by atomic mass is 15.3. The molecule has 0 amide bonds. The van der Waals surface area contributed by atoms with Crippen molar-refractivity contribution in [2.75, 3.05) is 47.3 Å². The van der Waals surface area contributed by atoms with Crippen LogP contribution in [-0.4, -0.2) is 82.2 Å². The van der Waals surface area contributed by atoms with E-state index >= 15 is 0 Å². The average Bonchev–Trinajstić information content (AvgIpc) is 3.44. The number of hydrogen-bond donors (Lipinski definition) is 2. The third-order valence-electron chi connectivity index (χ3n) is 6.51. The number of piperazine rings is 1. The van der Waals surface area contributed by atoms with Gasteiger partial charge in [0.2, 0.25) is 0 Å². The fourth-order valence-corrected chi connectivity index (χ4v) is 4.40. The topological polar surface area (TPSA) is 67.1 Å². The Kier molecular flexibility index (Phi) is 7.07. The van der Waals surface area contributed by atoms with E-state index in [0.717, 1.165) is 65.5 Å². The van der Waals surface area contributed by atoms with E-state index in [-0.39, 0.29) is 0 Å². The van der Waals surface area contributed by atoms with Crippen molar-refractivity contribution >= 4 is 22.3 Å². The summed E-state index contributed by atoms with van der Waals surface area (Å²) in [4.78, 5) is 14.9. The minimum Gasteiger partial charge on any atom is -0.378 e. The van der Waals surface area contributed by atoms with Gasteiger partial charge in [-0.1, -0.05) is 25.8 Å². The lowest BCUT2D eigenvalue weighted by Gasteiger charge is -2.35. The van der Waals surface area contributed by atoms with Crippen molar-refractivity contribution in [2.24, 2.45) is 0 Å². The van der Waals surface area contributed by atoms with Crippen LogP contribution in [0.5, 0.6) is 0 Å². The summed E-state index contributed by atoms with van der Waals surface area (Å²) in [7, 11) is 6.14. The molecular formula is C28H35N7. The van der Waals surface area contributed by atoms with Crippen LogP contribution in [-0.2, 0) is 0 Å².